The Hall–Kier alpha value is -2.33. The number of piperidine rings is 1. The quantitative estimate of drug-likeness (QED) is 0.586. The smallest absolute Gasteiger partial charge is 0.410 e. The number of sulfonamides is 1. The summed E-state index contributed by atoms with van der Waals surface area (Å²) < 4.78 is 31.1. The maximum Gasteiger partial charge on any atom is 0.410 e. The molecule has 9 nitrogen and oxygen atoms in total. The lowest BCUT2D eigenvalue weighted by Gasteiger charge is -2.40. The highest BCUT2D eigenvalue weighted by Crippen LogP contribution is 2.24. The summed E-state index contributed by atoms with van der Waals surface area (Å²) in [6, 6.07) is 5.75. The lowest BCUT2D eigenvalue weighted by molar-refractivity contribution is 0.0105. The number of likely N-dealkylation sites (tertiary alicyclic amines) is 1. The van der Waals surface area contributed by atoms with Gasteiger partial charge in [0.2, 0.25) is 10.0 Å². The third kappa shape index (κ3) is 7.10. The number of carbonyl (C=O) groups excluding carboxylic acids is 2. The van der Waals surface area contributed by atoms with Crippen LogP contribution < -0.4 is 10.6 Å². The molecule has 0 spiro atoms. The average Bonchev–Trinajstić information content (AvgIpc) is 2.75. The Morgan fingerprint density at radius 1 is 1.17 bits per heavy atom. The molecule has 2 fully saturated rings. The molecule has 2 heterocycles. The largest absolute Gasteiger partial charge is 0.444 e. The van der Waals surface area contributed by atoms with Gasteiger partial charge in [0, 0.05) is 43.5 Å². The number of rotatable bonds is 7. The van der Waals surface area contributed by atoms with E-state index in [1.807, 2.05) is 52.8 Å². The molecule has 35 heavy (non-hydrogen) atoms. The van der Waals surface area contributed by atoms with Crippen molar-refractivity contribution < 1.29 is 22.7 Å². The molecule has 2 amide bonds. The summed E-state index contributed by atoms with van der Waals surface area (Å²) in [4.78, 5) is 26.9. The average molecular weight is 509 g/mol. The van der Waals surface area contributed by atoms with Gasteiger partial charge >= 0.3 is 6.09 Å². The number of aryl methyl sites for hydroxylation is 1. The molecule has 2 N–H and O–H groups in total. The Morgan fingerprint density at radius 2 is 1.80 bits per heavy atom. The molecule has 3 rings (SSSR count). The molecular weight excluding hydrogens is 468 g/mol. The second kappa shape index (κ2) is 10.7. The minimum Gasteiger partial charge on any atom is -0.444 e. The van der Waals surface area contributed by atoms with Crippen LogP contribution in [0.1, 0.15) is 63.4 Å². The minimum atomic E-state index is -3.16. The number of amides is 2. The van der Waals surface area contributed by atoms with Crippen molar-refractivity contribution in [1.82, 2.24) is 14.5 Å². The van der Waals surface area contributed by atoms with Crippen LogP contribution in [0.15, 0.2) is 18.2 Å². The summed E-state index contributed by atoms with van der Waals surface area (Å²) in [6.45, 7) is 13.2. The Kier molecular flexibility index (Phi) is 8.36. The SMILES string of the molecule is CCS(=O)(=O)N1CCC([C@@H](C)NC(=O)c2cc(NC3CN(C(=O)OC(C)(C)C)C3)ccc2C)CC1. The van der Waals surface area contributed by atoms with E-state index < -0.39 is 15.6 Å². The molecule has 0 aliphatic carbocycles. The number of nitrogens with zero attached hydrogens (tertiary/aromatic N) is 2. The normalized spacial score (nSPS) is 19.1. The molecule has 1 aromatic rings. The van der Waals surface area contributed by atoms with Gasteiger partial charge in [-0.15, -0.1) is 0 Å². The van der Waals surface area contributed by atoms with Gasteiger partial charge in [-0.25, -0.2) is 17.5 Å². The lowest BCUT2D eigenvalue weighted by atomic mass is 9.91. The number of hydrogen-bond donors (Lipinski definition) is 2. The second-order valence-corrected chi connectivity index (χ2v) is 12.9. The zero-order chi connectivity index (χ0) is 26.0. The van der Waals surface area contributed by atoms with E-state index in [1.54, 1.807) is 16.1 Å². The van der Waals surface area contributed by atoms with Crippen molar-refractivity contribution in [2.75, 3.05) is 37.2 Å². The number of nitrogens with one attached hydrogen (secondary N) is 2. The number of hydrogen-bond acceptors (Lipinski definition) is 6. The molecule has 1 aromatic carbocycles. The van der Waals surface area contributed by atoms with Gasteiger partial charge in [-0.05, 0) is 78.0 Å². The maximum atomic E-state index is 13.1. The van der Waals surface area contributed by atoms with Crippen molar-refractivity contribution in [1.29, 1.82) is 0 Å². The summed E-state index contributed by atoms with van der Waals surface area (Å²) in [5, 5.41) is 6.52. The number of carbonyl (C=O) groups is 2. The fraction of sp³-hybridized carbons (Fsp3) is 0.680. The van der Waals surface area contributed by atoms with Gasteiger partial charge in [0.25, 0.3) is 5.91 Å². The zero-order valence-electron chi connectivity index (χ0n) is 21.8. The molecule has 0 aromatic heterocycles. The lowest BCUT2D eigenvalue weighted by Crippen LogP contribution is -2.57. The first kappa shape index (κ1) is 27.3. The van der Waals surface area contributed by atoms with Crippen molar-refractivity contribution in [3.8, 4) is 0 Å². The standard InChI is InChI=1S/C25H40N4O5S/c1-7-35(32,33)29-12-10-19(11-13-29)18(3)26-23(30)22-14-20(9-8-17(22)2)27-21-15-28(16-21)24(31)34-25(4,5)6/h8-9,14,18-19,21,27H,7,10-13,15-16H2,1-6H3,(H,26,30)/t18-/m1/s1. The van der Waals surface area contributed by atoms with Crippen LogP contribution in [0.5, 0.6) is 0 Å². The van der Waals surface area contributed by atoms with E-state index in [9.17, 15) is 18.0 Å². The molecule has 10 heteroatoms. The summed E-state index contributed by atoms with van der Waals surface area (Å²) in [6.07, 6.45) is 1.15. The van der Waals surface area contributed by atoms with E-state index in [-0.39, 0.29) is 35.8 Å². The van der Waals surface area contributed by atoms with Gasteiger partial charge in [0.15, 0.2) is 0 Å². The van der Waals surface area contributed by atoms with Crippen LogP contribution >= 0.6 is 0 Å². The number of anilines is 1. The Morgan fingerprint density at radius 3 is 2.37 bits per heavy atom. The van der Waals surface area contributed by atoms with E-state index in [1.165, 1.54) is 0 Å². The van der Waals surface area contributed by atoms with Gasteiger partial charge in [-0.1, -0.05) is 6.07 Å². The van der Waals surface area contributed by atoms with E-state index in [4.69, 9.17) is 4.74 Å². The van der Waals surface area contributed by atoms with Crippen LogP contribution in [0, 0.1) is 12.8 Å². The topological polar surface area (TPSA) is 108 Å². The van der Waals surface area contributed by atoms with Gasteiger partial charge in [0.05, 0.1) is 11.8 Å². The molecule has 0 bridgehead atoms. The fourth-order valence-electron chi connectivity index (χ4n) is 4.48. The van der Waals surface area contributed by atoms with E-state index in [2.05, 4.69) is 10.6 Å². The Bertz CT molecular complexity index is 1020. The minimum absolute atomic E-state index is 0.0565. The molecule has 0 unspecified atom stereocenters. The predicted molar refractivity (Wildman–Crippen MR) is 137 cm³/mol. The fourth-order valence-corrected chi connectivity index (χ4v) is 5.61. The molecule has 2 aliphatic heterocycles. The molecule has 196 valence electrons. The highest BCUT2D eigenvalue weighted by Gasteiger charge is 2.34. The Balaban J connectivity index is 1.52. The van der Waals surface area contributed by atoms with Gasteiger partial charge in [-0.2, -0.15) is 0 Å². The van der Waals surface area contributed by atoms with E-state index in [0.717, 1.165) is 24.1 Å². The van der Waals surface area contributed by atoms with Crippen LogP contribution in [0.2, 0.25) is 0 Å². The highest BCUT2D eigenvalue weighted by atomic mass is 32.2. The first-order valence-electron chi connectivity index (χ1n) is 12.4. The first-order valence-corrected chi connectivity index (χ1v) is 14.0. The van der Waals surface area contributed by atoms with Crippen LogP contribution in [-0.4, -0.2) is 79.2 Å². The molecule has 0 saturated carbocycles. The van der Waals surface area contributed by atoms with Gasteiger partial charge < -0.3 is 20.3 Å². The van der Waals surface area contributed by atoms with Crippen LogP contribution in [0.25, 0.3) is 0 Å². The van der Waals surface area contributed by atoms with Crippen molar-refractivity contribution >= 4 is 27.7 Å². The molecule has 1 atom stereocenters. The Labute approximate surface area is 209 Å². The second-order valence-electron chi connectivity index (χ2n) is 10.7. The van der Waals surface area contributed by atoms with Gasteiger partial charge in [0.1, 0.15) is 5.60 Å². The summed E-state index contributed by atoms with van der Waals surface area (Å²) in [5.41, 5.74) is 1.81. The van der Waals surface area contributed by atoms with Crippen molar-refractivity contribution in [2.24, 2.45) is 5.92 Å². The third-order valence-corrected chi connectivity index (χ3v) is 8.59. The number of ether oxygens (including phenoxy) is 1. The first-order chi connectivity index (χ1) is 16.3. The van der Waals surface area contributed by atoms with E-state index >= 15 is 0 Å². The summed E-state index contributed by atoms with van der Waals surface area (Å²) >= 11 is 0. The monoisotopic (exact) mass is 508 g/mol. The third-order valence-electron chi connectivity index (χ3n) is 6.71. The highest BCUT2D eigenvalue weighted by molar-refractivity contribution is 7.89. The predicted octanol–water partition coefficient (Wildman–Crippen LogP) is 3.21. The number of benzene rings is 1. The van der Waals surface area contributed by atoms with Crippen LogP contribution in [-0.2, 0) is 14.8 Å². The van der Waals surface area contributed by atoms with Crippen molar-refractivity contribution in [3.05, 3.63) is 29.3 Å². The van der Waals surface area contributed by atoms with Crippen LogP contribution in [0.3, 0.4) is 0 Å². The van der Waals surface area contributed by atoms with E-state index in [0.29, 0.717) is 31.7 Å². The molecular formula is C25H40N4O5S. The van der Waals surface area contributed by atoms with Crippen molar-refractivity contribution in [3.63, 3.8) is 0 Å². The zero-order valence-corrected chi connectivity index (χ0v) is 22.6. The van der Waals surface area contributed by atoms with Gasteiger partial charge in [-0.3, -0.25) is 4.79 Å². The molecule has 0 radical (unpaired) electrons. The molecule has 2 aliphatic rings. The van der Waals surface area contributed by atoms with Crippen molar-refractivity contribution in [2.45, 2.75) is 72.1 Å². The summed E-state index contributed by atoms with van der Waals surface area (Å²) in [5.74, 6) is 0.219. The summed E-state index contributed by atoms with van der Waals surface area (Å²) in [7, 11) is -3.16. The maximum absolute atomic E-state index is 13.1. The molecule has 2 saturated heterocycles. The van der Waals surface area contributed by atoms with Crippen LogP contribution in [0.4, 0.5) is 10.5 Å².